The molecule has 0 N–H and O–H groups in total. The monoisotopic (exact) mass is 522 g/mol. The molecule has 3 aromatic carbocycles. The lowest BCUT2D eigenvalue weighted by molar-refractivity contribution is 0.243. The summed E-state index contributed by atoms with van der Waals surface area (Å²) in [6, 6.07) is 27.1. The van der Waals surface area contributed by atoms with E-state index in [1.807, 2.05) is 12.4 Å². The number of nitrogens with zero attached hydrogens (tertiary/aromatic N) is 4. The summed E-state index contributed by atoms with van der Waals surface area (Å²) < 4.78 is 0. The molecule has 9 rings (SSSR count). The summed E-state index contributed by atoms with van der Waals surface area (Å²) in [6.45, 7) is 4.91. The predicted octanol–water partition coefficient (Wildman–Crippen LogP) is 7.81. The van der Waals surface area contributed by atoms with Gasteiger partial charge in [-0.3, -0.25) is 9.97 Å². The van der Waals surface area contributed by atoms with Crippen LogP contribution in [0.15, 0.2) is 85.2 Å². The average Bonchev–Trinajstić information content (AvgIpc) is 3.46. The second-order valence-corrected chi connectivity index (χ2v) is 12.7. The van der Waals surface area contributed by atoms with Gasteiger partial charge in [-0.15, -0.1) is 0 Å². The van der Waals surface area contributed by atoms with Crippen LogP contribution in [0.3, 0.4) is 0 Å². The maximum Gasteiger partial charge on any atom is 0.0970 e. The van der Waals surface area contributed by atoms with Crippen LogP contribution in [0, 0.1) is 23.7 Å². The molecule has 2 saturated heterocycles. The molecule has 4 unspecified atom stereocenters. The van der Waals surface area contributed by atoms with E-state index < -0.39 is 0 Å². The third-order valence-corrected chi connectivity index (χ3v) is 10.7. The Labute approximate surface area is 235 Å². The Balaban J connectivity index is 1.05. The van der Waals surface area contributed by atoms with Crippen molar-refractivity contribution in [3.05, 3.63) is 85.2 Å². The van der Waals surface area contributed by atoms with Gasteiger partial charge in [0.2, 0.25) is 0 Å². The van der Waals surface area contributed by atoms with E-state index in [0.29, 0.717) is 0 Å². The number of fused-ring (bicyclic) bond motifs is 5. The van der Waals surface area contributed by atoms with Crippen molar-refractivity contribution in [2.45, 2.75) is 25.7 Å². The number of rotatable bonds is 4. The van der Waals surface area contributed by atoms with Gasteiger partial charge in [0, 0.05) is 60.7 Å². The van der Waals surface area contributed by atoms with Crippen molar-refractivity contribution in [3.8, 4) is 22.3 Å². The van der Waals surface area contributed by atoms with Crippen LogP contribution in [0.5, 0.6) is 0 Å². The Morgan fingerprint density at radius 2 is 0.825 bits per heavy atom. The van der Waals surface area contributed by atoms with E-state index in [4.69, 9.17) is 9.97 Å². The summed E-state index contributed by atoms with van der Waals surface area (Å²) in [4.78, 5) is 14.8. The molecule has 4 atom stereocenters. The van der Waals surface area contributed by atoms with Crippen molar-refractivity contribution < 1.29 is 0 Å². The molecule has 40 heavy (non-hydrogen) atoms. The van der Waals surface area contributed by atoms with Gasteiger partial charge < -0.3 is 9.80 Å². The van der Waals surface area contributed by atoms with E-state index in [9.17, 15) is 0 Å². The first kappa shape index (κ1) is 22.9. The molecule has 5 aromatic rings. The average molecular weight is 523 g/mol. The first-order chi connectivity index (χ1) is 19.8. The van der Waals surface area contributed by atoms with Gasteiger partial charge >= 0.3 is 0 Å². The summed E-state index contributed by atoms with van der Waals surface area (Å²) in [5.41, 5.74) is 9.57. The van der Waals surface area contributed by atoms with Crippen LogP contribution >= 0.6 is 0 Å². The van der Waals surface area contributed by atoms with E-state index in [1.54, 1.807) is 0 Å². The highest BCUT2D eigenvalue weighted by atomic mass is 15.2. The van der Waals surface area contributed by atoms with Gasteiger partial charge in [0.25, 0.3) is 0 Å². The quantitative estimate of drug-likeness (QED) is 0.225. The maximum atomic E-state index is 4.84. The van der Waals surface area contributed by atoms with Gasteiger partial charge in [-0.2, -0.15) is 0 Å². The van der Waals surface area contributed by atoms with E-state index in [1.165, 1.54) is 85.5 Å². The zero-order chi connectivity index (χ0) is 26.2. The van der Waals surface area contributed by atoms with E-state index in [-0.39, 0.29) is 0 Å². The van der Waals surface area contributed by atoms with E-state index in [0.717, 1.165) is 45.5 Å². The lowest BCUT2D eigenvalue weighted by Crippen LogP contribution is -2.22. The van der Waals surface area contributed by atoms with Crippen molar-refractivity contribution in [2.75, 3.05) is 36.0 Å². The molecule has 4 aliphatic rings. The molecule has 4 heterocycles. The van der Waals surface area contributed by atoms with Crippen molar-refractivity contribution in [1.82, 2.24) is 9.97 Å². The van der Waals surface area contributed by atoms with Crippen molar-refractivity contribution >= 4 is 33.2 Å². The van der Waals surface area contributed by atoms with Crippen LogP contribution in [-0.2, 0) is 0 Å². The molecule has 2 aliphatic carbocycles. The van der Waals surface area contributed by atoms with Crippen LogP contribution in [0.4, 0.5) is 11.4 Å². The fourth-order valence-corrected chi connectivity index (χ4v) is 7.98. The molecule has 0 amide bonds. The molecule has 0 radical (unpaired) electrons. The summed E-state index contributed by atoms with van der Waals surface area (Å²) in [5.74, 6) is 3.69. The summed E-state index contributed by atoms with van der Waals surface area (Å²) in [6.07, 6.45) is 9.53. The minimum absolute atomic E-state index is 0.924. The fraction of sp³-hybridized carbons (Fsp3) is 0.333. The number of benzene rings is 3. The highest BCUT2D eigenvalue weighted by molar-refractivity contribution is 6.11. The number of hydrogen-bond acceptors (Lipinski definition) is 4. The summed E-state index contributed by atoms with van der Waals surface area (Å²) in [5, 5.41) is 2.32. The molecule has 0 bridgehead atoms. The second kappa shape index (κ2) is 8.79. The van der Waals surface area contributed by atoms with E-state index >= 15 is 0 Å². The highest BCUT2D eigenvalue weighted by Gasteiger charge is 2.40. The van der Waals surface area contributed by atoms with Crippen LogP contribution in [0.1, 0.15) is 25.7 Å². The number of anilines is 2. The Hall–Kier alpha value is -3.92. The standard InChI is InChI=1S/C36H34N4/c1-2-26-20-39(19-25(1)26)29-9-5-23(6-10-29)31-15-17-37-35-33(31)13-14-34-32(16-18-38-36(34)35)24-7-11-30(12-8-24)40-21-27-3-4-28(27)22-40/h5-18,25-28H,1-4,19-22H2. The van der Waals surface area contributed by atoms with Gasteiger partial charge in [-0.25, -0.2) is 0 Å². The lowest BCUT2D eigenvalue weighted by atomic mass is 9.77. The smallest absolute Gasteiger partial charge is 0.0970 e. The Morgan fingerprint density at radius 3 is 1.18 bits per heavy atom. The van der Waals surface area contributed by atoms with Crippen molar-refractivity contribution in [1.29, 1.82) is 0 Å². The summed E-state index contributed by atoms with van der Waals surface area (Å²) >= 11 is 0. The molecule has 0 spiro atoms. The van der Waals surface area contributed by atoms with Gasteiger partial charge in [-0.05, 0) is 108 Å². The molecule has 2 aromatic heterocycles. The number of pyridine rings is 2. The molecule has 4 nitrogen and oxygen atoms in total. The Bertz CT molecular complexity index is 1590. The first-order valence-corrected chi connectivity index (χ1v) is 15.2. The molecule has 2 aliphatic heterocycles. The minimum Gasteiger partial charge on any atom is -0.371 e. The Morgan fingerprint density at radius 1 is 0.450 bits per heavy atom. The third kappa shape index (κ3) is 3.51. The zero-order valence-electron chi connectivity index (χ0n) is 22.8. The first-order valence-electron chi connectivity index (χ1n) is 15.2. The molecule has 4 fully saturated rings. The van der Waals surface area contributed by atoms with E-state index in [2.05, 4.69) is 82.6 Å². The summed E-state index contributed by atoms with van der Waals surface area (Å²) in [7, 11) is 0. The van der Waals surface area contributed by atoms with Crippen molar-refractivity contribution in [3.63, 3.8) is 0 Å². The molecular formula is C36H34N4. The molecule has 2 saturated carbocycles. The Kier molecular flexibility index (Phi) is 5.02. The van der Waals surface area contributed by atoms with Crippen LogP contribution in [-0.4, -0.2) is 36.1 Å². The highest BCUT2D eigenvalue weighted by Crippen LogP contribution is 2.44. The van der Waals surface area contributed by atoms with Crippen LogP contribution < -0.4 is 9.80 Å². The molecule has 198 valence electrons. The van der Waals surface area contributed by atoms with Gasteiger partial charge in [0.15, 0.2) is 0 Å². The fourth-order valence-electron chi connectivity index (χ4n) is 7.98. The lowest BCUT2D eigenvalue weighted by Gasteiger charge is -2.27. The normalized spacial score (nSPS) is 25.1. The van der Waals surface area contributed by atoms with Crippen LogP contribution in [0.2, 0.25) is 0 Å². The third-order valence-electron chi connectivity index (χ3n) is 10.7. The number of aromatic nitrogens is 2. The number of hydrogen-bond donors (Lipinski definition) is 0. The van der Waals surface area contributed by atoms with Gasteiger partial charge in [0.1, 0.15) is 0 Å². The topological polar surface area (TPSA) is 32.3 Å². The molecule has 4 heteroatoms. The van der Waals surface area contributed by atoms with Gasteiger partial charge in [0.05, 0.1) is 11.0 Å². The molecular weight excluding hydrogens is 488 g/mol. The maximum absolute atomic E-state index is 4.84. The minimum atomic E-state index is 0.924. The van der Waals surface area contributed by atoms with Crippen LogP contribution in [0.25, 0.3) is 44.1 Å². The van der Waals surface area contributed by atoms with Crippen molar-refractivity contribution in [2.24, 2.45) is 23.7 Å². The van der Waals surface area contributed by atoms with Gasteiger partial charge in [-0.1, -0.05) is 36.4 Å². The largest absolute Gasteiger partial charge is 0.371 e. The zero-order valence-corrected chi connectivity index (χ0v) is 22.8. The second-order valence-electron chi connectivity index (χ2n) is 12.7. The SMILES string of the molecule is c1cc(-c2ccc(N3CC4CCC4C3)cc2)c2ccc3c(-c4ccc(N5CC6CCC6C5)cc4)ccnc3c2n1. The predicted molar refractivity (Wildman–Crippen MR) is 165 cm³/mol.